The van der Waals surface area contributed by atoms with Gasteiger partial charge in [0.2, 0.25) is 0 Å². The Balaban J connectivity index is 1.63. The van der Waals surface area contributed by atoms with E-state index >= 15 is 0 Å². The summed E-state index contributed by atoms with van der Waals surface area (Å²) in [5, 5.41) is 16.1. The zero-order valence-corrected chi connectivity index (χ0v) is 14.2. The summed E-state index contributed by atoms with van der Waals surface area (Å²) in [5.74, 6) is 0.428. The number of pyridine rings is 1. The predicted molar refractivity (Wildman–Crippen MR) is 95.7 cm³/mol. The molecule has 25 heavy (non-hydrogen) atoms. The Bertz CT molecular complexity index is 975. The normalized spacial score (nSPS) is 10.4. The van der Waals surface area contributed by atoms with E-state index in [-0.39, 0.29) is 11.7 Å². The zero-order valence-electron chi connectivity index (χ0n) is 13.5. The molecule has 6 nitrogen and oxygen atoms in total. The molecule has 0 bridgehead atoms. The van der Waals surface area contributed by atoms with Crippen molar-refractivity contribution in [3.8, 4) is 6.07 Å². The third kappa shape index (κ3) is 3.42. The topological polar surface area (TPSA) is 91.0 Å². The number of fused-ring (bicyclic) bond motifs is 1. The van der Waals surface area contributed by atoms with Crippen LogP contribution in [0.25, 0.3) is 11.0 Å². The average molecular weight is 355 g/mol. The first-order chi connectivity index (χ1) is 12.1. The summed E-state index contributed by atoms with van der Waals surface area (Å²) in [7, 11) is 0. The van der Waals surface area contributed by atoms with Crippen LogP contribution in [0.3, 0.4) is 0 Å². The number of nitrogens with one attached hydrogen (secondary N) is 2. The first-order valence-electron chi connectivity index (χ1n) is 7.66. The number of rotatable bonds is 5. The second-order valence-electron chi connectivity index (χ2n) is 5.37. The largest absolute Gasteiger partial charge is 0.449 e. The molecular weight excluding hydrogens is 340 g/mol. The van der Waals surface area contributed by atoms with Crippen molar-refractivity contribution in [2.45, 2.75) is 6.92 Å². The molecule has 0 saturated carbocycles. The van der Waals surface area contributed by atoms with Gasteiger partial charge in [-0.2, -0.15) is 5.26 Å². The van der Waals surface area contributed by atoms with E-state index in [9.17, 15) is 4.79 Å². The number of carbonyl (C=O) groups excluding carboxylic acids is 1. The van der Waals surface area contributed by atoms with Crippen LogP contribution >= 0.6 is 11.6 Å². The van der Waals surface area contributed by atoms with E-state index < -0.39 is 0 Å². The van der Waals surface area contributed by atoms with Gasteiger partial charge in [0, 0.05) is 30.2 Å². The number of aryl methyl sites for hydroxylation is 1. The molecule has 0 saturated heterocycles. The summed E-state index contributed by atoms with van der Waals surface area (Å²) >= 11 is 6.10. The Hall–Kier alpha value is -3.04. The van der Waals surface area contributed by atoms with Gasteiger partial charge in [-0.25, -0.2) is 4.98 Å². The molecule has 126 valence electrons. The Kier molecular flexibility index (Phi) is 4.87. The molecule has 2 N–H and O–H groups in total. The molecule has 0 fully saturated rings. The maximum absolute atomic E-state index is 12.3. The predicted octanol–water partition coefficient (Wildman–Crippen LogP) is 3.50. The van der Waals surface area contributed by atoms with E-state index in [1.807, 2.05) is 19.1 Å². The molecule has 7 heteroatoms. The highest BCUT2D eigenvalue weighted by Crippen LogP contribution is 2.30. The van der Waals surface area contributed by atoms with Crippen LogP contribution in [-0.4, -0.2) is 24.0 Å². The lowest BCUT2D eigenvalue weighted by atomic mass is 10.1. The lowest BCUT2D eigenvalue weighted by Crippen LogP contribution is -2.29. The van der Waals surface area contributed by atoms with Crippen LogP contribution in [-0.2, 0) is 0 Å². The minimum absolute atomic E-state index is 0.249. The molecule has 0 radical (unpaired) electrons. The number of nitrogens with zero attached hydrogens (tertiary/aromatic N) is 2. The highest BCUT2D eigenvalue weighted by atomic mass is 35.5. The van der Waals surface area contributed by atoms with Gasteiger partial charge in [0.25, 0.3) is 5.91 Å². The fourth-order valence-corrected chi connectivity index (χ4v) is 2.71. The maximum Gasteiger partial charge on any atom is 0.287 e. The number of furan rings is 1. The quantitative estimate of drug-likeness (QED) is 0.684. The molecule has 0 spiro atoms. The van der Waals surface area contributed by atoms with Crippen LogP contribution in [0.5, 0.6) is 0 Å². The SMILES string of the molecule is Cc1c(C(=O)NCCNc2ncccc2C#N)oc2c(Cl)cccc12. The van der Waals surface area contributed by atoms with Crippen molar-refractivity contribution in [2.24, 2.45) is 0 Å². The molecule has 2 aromatic heterocycles. The number of hydrogen-bond acceptors (Lipinski definition) is 5. The molecule has 0 atom stereocenters. The van der Waals surface area contributed by atoms with Crippen LogP contribution in [0.1, 0.15) is 21.7 Å². The van der Waals surface area contributed by atoms with Crippen molar-refractivity contribution in [1.82, 2.24) is 10.3 Å². The molecule has 3 aromatic rings. The summed E-state index contributed by atoms with van der Waals surface area (Å²) in [6, 6.07) is 10.8. The molecule has 1 amide bonds. The zero-order chi connectivity index (χ0) is 17.8. The second kappa shape index (κ2) is 7.24. The monoisotopic (exact) mass is 354 g/mol. The third-order valence-electron chi connectivity index (χ3n) is 3.75. The molecule has 0 aliphatic heterocycles. The van der Waals surface area contributed by atoms with Gasteiger partial charge in [-0.1, -0.05) is 23.7 Å². The first-order valence-corrected chi connectivity index (χ1v) is 8.04. The highest BCUT2D eigenvalue weighted by molar-refractivity contribution is 6.35. The number of para-hydroxylation sites is 1. The number of amides is 1. The van der Waals surface area contributed by atoms with Crippen molar-refractivity contribution in [2.75, 3.05) is 18.4 Å². The van der Waals surface area contributed by atoms with Crippen LogP contribution in [0, 0.1) is 18.3 Å². The summed E-state index contributed by atoms with van der Waals surface area (Å²) < 4.78 is 5.62. The van der Waals surface area contributed by atoms with Gasteiger partial charge in [0.05, 0.1) is 10.6 Å². The summed E-state index contributed by atoms with van der Waals surface area (Å²) in [6.07, 6.45) is 1.60. The molecule has 2 heterocycles. The van der Waals surface area contributed by atoms with Crippen LogP contribution in [0.4, 0.5) is 5.82 Å². The Morgan fingerprint density at radius 2 is 2.16 bits per heavy atom. The van der Waals surface area contributed by atoms with Crippen LogP contribution < -0.4 is 10.6 Å². The van der Waals surface area contributed by atoms with E-state index in [2.05, 4.69) is 21.7 Å². The fourth-order valence-electron chi connectivity index (χ4n) is 2.50. The van der Waals surface area contributed by atoms with Crippen molar-refractivity contribution in [1.29, 1.82) is 5.26 Å². The summed E-state index contributed by atoms with van der Waals surface area (Å²) in [6.45, 7) is 2.60. The summed E-state index contributed by atoms with van der Waals surface area (Å²) in [4.78, 5) is 16.4. The molecule has 0 aliphatic carbocycles. The minimum Gasteiger partial charge on any atom is -0.449 e. The van der Waals surface area contributed by atoms with E-state index in [0.29, 0.717) is 35.1 Å². The second-order valence-corrected chi connectivity index (χ2v) is 5.77. The smallest absolute Gasteiger partial charge is 0.287 e. The van der Waals surface area contributed by atoms with E-state index in [1.54, 1.807) is 24.4 Å². The van der Waals surface area contributed by atoms with Crippen LogP contribution in [0.15, 0.2) is 40.9 Å². The van der Waals surface area contributed by atoms with Gasteiger partial charge >= 0.3 is 0 Å². The Morgan fingerprint density at radius 1 is 1.32 bits per heavy atom. The molecule has 3 rings (SSSR count). The lowest BCUT2D eigenvalue weighted by molar-refractivity contribution is 0.0929. The van der Waals surface area contributed by atoms with Gasteiger partial charge in [-0.15, -0.1) is 0 Å². The van der Waals surface area contributed by atoms with Gasteiger partial charge in [-0.3, -0.25) is 4.79 Å². The van der Waals surface area contributed by atoms with Crippen molar-refractivity contribution < 1.29 is 9.21 Å². The molecular formula is C18H15ClN4O2. The van der Waals surface area contributed by atoms with Crippen molar-refractivity contribution >= 4 is 34.3 Å². The van der Waals surface area contributed by atoms with E-state index in [1.165, 1.54) is 0 Å². The van der Waals surface area contributed by atoms with Gasteiger partial charge in [-0.05, 0) is 25.1 Å². The number of nitriles is 1. The van der Waals surface area contributed by atoms with E-state index in [4.69, 9.17) is 21.3 Å². The first kappa shape index (κ1) is 16.8. The van der Waals surface area contributed by atoms with Crippen molar-refractivity contribution in [3.05, 3.63) is 58.4 Å². The summed E-state index contributed by atoms with van der Waals surface area (Å²) in [5.41, 5.74) is 1.72. The number of aromatic nitrogens is 1. The molecule has 0 unspecified atom stereocenters. The standard InChI is InChI=1S/C18H15ClN4O2/c1-11-13-5-2-6-14(19)16(13)25-15(11)18(24)23-9-8-22-17-12(10-20)4-3-7-21-17/h2-7H,8-9H2,1H3,(H,21,22)(H,23,24). The van der Waals surface area contributed by atoms with Gasteiger partial charge in [0.1, 0.15) is 11.9 Å². The number of benzene rings is 1. The number of halogens is 1. The fraction of sp³-hybridized carbons (Fsp3) is 0.167. The van der Waals surface area contributed by atoms with Gasteiger partial charge in [0.15, 0.2) is 11.3 Å². The van der Waals surface area contributed by atoms with E-state index in [0.717, 1.165) is 10.9 Å². The minimum atomic E-state index is -0.312. The van der Waals surface area contributed by atoms with Crippen molar-refractivity contribution in [3.63, 3.8) is 0 Å². The maximum atomic E-state index is 12.3. The highest BCUT2D eigenvalue weighted by Gasteiger charge is 2.18. The Morgan fingerprint density at radius 3 is 2.92 bits per heavy atom. The number of carbonyl (C=O) groups is 1. The average Bonchev–Trinajstić information content (AvgIpc) is 2.97. The number of hydrogen-bond donors (Lipinski definition) is 2. The number of anilines is 1. The Labute approximate surface area is 149 Å². The van der Waals surface area contributed by atoms with Crippen LogP contribution in [0.2, 0.25) is 5.02 Å². The van der Waals surface area contributed by atoms with Gasteiger partial charge < -0.3 is 15.1 Å². The molecule has 1 aromatic carbocycles. The lowest BCUT2D eigenvalue weighted by Gasteiger charge is -2.07. The molecule has 0 aliphatic rings. The third-order valence-corrected chi connectivity index (χ3v) is 4.05.